The molecule has 0 saturated carbocycles. The number of Topliss-reactive ketones (excluding diaryl/α,β-unsaturated/α-hetero) is 1. The summed E-state index contributed by atoms with van der Waals surface area (Å²) in [5.41, 5.74) is 0.432. The Kier molecular flexibility index (Phi) is 3.39. The molecule has 1 fully saturated rings. The minimum atomic E-state index is -1.21. The van der Waals surface area contributed by atoms with E-state index >= 15 is 0 Å². The fraction of sp³-hybridized carbons (Fsp3) is 0.267. The summed E-state index contributed by atoms with van der Waals surface area (Å²) in [6.07, 6.45) is -0.376. The average Bonchev–Trinajstić information content (AvgIpc) is 2.48. The van der Waals surface area contributed by atoms with Crippen molar-refractivity contribution in [2.75, 3.05) is 0 Å². The highest BCUT2D eigenvalue weighted by atomic mass is 35.5. The molecule has 1 aromatic rings. The Morgan fingerprint density at radius 2 is 1.71 bits per heavy atom. The number of aliphatic hydroxyl groups is 1. The van der Waals surface area contributed by atoms with Crippen molar-refractivity contribution in [3.63, 3.8) is 0 Å². The van der Waals surface area contributed by atoms with Crippen LogP contribution >= 0.6 is 11.6 Å². The lowest BCUT2D eigenvalue weighted by Crippen LogP contribution is -2.43. The molecule has 2 amide bonds. The molecule has 2 aliphatic rings. The van der Waals surface area contributed by atoms with Gasteiger partial charge in [0.15, 0.2) is 0 Å². The van der Waals surface area contributed by atoms with Crippen LogP contribution in [0.3, 0.4) is 0 Å². The third-order valence-corrected chi connectivity index (χ3v) is 4.07. The minimum Gasteiger partial charge on any atom is -0.383 e. The molecule has 1 atom stereocenters. The third-order valence-electron chi connectivity index (χ3n) is 3.69. The van der Waals surface area contributed by atoms with Crippen molar-refractivity contribution in [1.82, 2.24) is 4.90 Å². The van der Waals surface area contributed by atoms with Crippen LogP contribution in [-0.2, 0) is 9.59 Å². The van der Waals surface area contributed by atoms with Crippen molar-refractivity contribution in [3.05, 3.63) is 46.1 Å². The van der Waals surface area contributed by atoms with Crippen molar-refractivity contribution in [3.8, 4) is 0 Å². The van der Waals surface area contributed by atoms with Crippen LogP contribution in [0.15, 0.2) is 35.0 Å². The van der Waals surface area contributed by atoms with E-state index in [1.165, 1.54) is 0 Å². The van der Waals surface area contributed by atoms with Gasteiger partial charge in [0, 0.05) is 18.4 Å². The standard InChI is InChI=1S/C15H12ClNO4/c16-12-13(17-10(18)6-3-7-11(17)19)15(21)9-5-2-1-4-8(9)14(12)20/h1-2,4-5,14,20H,3,6-7H2. The van der Waals surface area contributed by atoms with E-state index in [-0.39, 0.29) is 29.1 Å². The molecular weight excluding hydrogens is 294 g/mol. The van der Waals surface area contributed by atoms with Crippen molar-refractivity contribution < 1.29 is 19.5 Å². The molecule has 5 nitrogen and oxygen atoms in total. The zero-order valence-corrected chi connectivity index (χ0v) is 11.8. The number of hydrogen-bond donors (Lipinski definition) is 1. The van der Waals surface area contributed by atoms with Gasteiger partial charge in [-0.25, -0.2) is 4.90 Å². The van der Waals surface area contributed by atoms with Crippen LogP contribution in [0.25, 0.3) is 0 Å². The van der Waals surface area contributed by atoms with Crippen LogP contribution in [0.5, 0.6) is 0 Å². The van der Waals surface area contributed by atoms with Gasteiger partial charge in [-0.1, -0.05) is 35.9 Å². The number of rotatable bonds is 1. The Bertz CT molecular complexity index is 679. The number of likely N-dealkylation sites (tertiary alicyclic amines) is 1. The zero-order chi connectivity index (χ0) is 15.1. The number of allylic oxidation sites excluding steroid dienone is 1. The number of benzene rings is 1. The molecule has 0 aromatic heterocycles. The number of aliphatic hydroxyl groups excluding tert-OH is 1. The van der Waals surface area contributed by atoms with E-state index in [9.17, 15) is 19.5 Å². The van der Waals surface area contributed by atoms with E-state index in [4.69, 9.17) is 11.6 Å². The topological polar surface area (TPSA) is 74.7 Å². The average molecular weight is 306 g/mol. The number of ketones is 1. The molecule has 1 saturated heterocycles. The first-order valence-corrected chi connectivity index (χ1v) is 6.97. The van der Waals surface area contributed by atoms with Gasteiger partial charge in [0.1, 0.15) is 11.8 Å². The highest BCUT2D eigenvalue weighted by Crippen LogP contribution is 2.38. The van der Waals surface area contributed by atoms with Gasteiger partial charge in [0.05, 0.1) is 5.03 Å². The Labute approximate surface area is 125 Å². The van der Waals surface area contributed by atoms with Crippen LogP contribution in [0, 0.1) is 0 Å². The molecule has 1 heterocycles. The molecule has 108 valence electrons. The molecule has 0 radical (unpaired) electrons. The number of carbonyl (C=O) groups excluding carboxylic acids is 3. The second kappa shape index (κ2) is 5.09. The van der Waals surface area contributed by atoms with Crippen molar-refractivity contribution in [2.24, 2.45) is 0 Å². The SMILES string of the molecule is O=C1C(N2C(=O)CCCC2=O)=C(Cl)C(O)c2ccccc21. The molecule has 1 aliphatic heterocycles. The second-order valence-corrected chi connectivity index (χ2v) is 5.40. The van der Waals surface area contributed by atoms with Gasteiger partial charge in [-0.2, -0.15) is 0 Å². The van der Waals surface area contributed by atoms with Gasteiger partial charge >= 0.3 is 0 Å². The number of nitrogens with zero attached hydrogens (tertiary/aromatic N) is 1. The normalized spacial score (nSPS) is 22.7. The number of hydrogen-bond acceptors (Lipinski definition) is 4. The van der Waals surface area contributed by atoms with E-state index < -0.39 is 23.7 Å². The molecule has 1 aromatic carbocycles. The lowest BCUT2D eigenvalue weighted by molar-refractivity contribution is -0.145. The molecule has 0 bridgehead atoms. The summed E-state index contributed by atoms with van der Waals surface area (Å²) in [6, 6.07) is 6.47. The van der Waals surface area contributed by atoms with Crippen LogP contribution < -0.4 is 0 Å². The van der Waals surface area contributed by atoms with Crippen molar-refractivity contribution >= 4 is 29.2 Å². The lowest BCUT2D eigenvalue weighted by Gasteiger charge is -2.31. The maximum atomic E-state index is 12.6. The predicted octanol–water partition coefficient (Wildman–Crippen LogP) is 1.91. The third kappa shape index (κ3) is 2.09. The second-order valence-electron chi connectivity index (χ2n) is 4.99. The monoisotopic (exact) mass is 305 g/mol. The number of carbonyl (C=O) groups is 3. The van der Waals surface area contributed by atoms with E-state index in [2.05, 4.69) is 0 Å². The fourth-order valence-electron chi connectivity index (χ4n) is 2.66. The van der Waals surface area contributed by atoms with E-state index in [1.54, 1.807) is 24.3 Å². The Morgan fingerprint density at radius 3 is 2.38 bits per heavy atom. The Hall–Kier alpha value is -1.98. The van der Waals surface area contributed by atoms with Crippen LogP contribution in [0.1, 0.15) is 41.3 Å². The highest BCUT2D eigenvalue weighted by Gasteiger charge is 2.40. The summed E-state index contributed by atoms with van der Waals surface area (Å²) >= 11 is 6.08. The molecular formula is C15H12ClNO4. The predicted molar refractivity (Wildman–Crippen MR) is 74.3 cm³/mol. The number of amides is 2. The maximum Gasteiger partial charge on any atom is 0.233 e. The smallest absolute Gasteiger partial charge is 0.233 e. The van der Waals surface area contributed by atoms with Crippen molar-refractivity contribution in [2.45, 2.75) is 25.4 Å². The lowest BCUT2D eigenvalue weighted by atomic mass is 9.90. The first kappa shape index (κ1) is 14.0. The number of imide groups is 1. The van der Waals surface area contributed by atoms with Crippen LogP contribution in [0.2, 0.25) is 0 Å². The zero-order valence-electron chi connectivity index (χ0n) is 11.0. The molecule has 1 aliphatic carbocycles. The number of halogens is 1. The summed E-state index contributed by atoms with van der Waals surface area (Å²) in [4.78, 5) is 37.4. The maximum absolute atomic E-state index is 12.6. The first-order chi connectivity index (χ1) is 10.0. The summed E-state index contributed by atoms with van der Waals surface area (Å²) in [6.45, 7) is 0. The van der Waals surface area contributed by atoms with Gasteiger partial charge in [-0.15, -0.1) is 0 Å². The summed E-state index contributed by atoms with van der Waals surface area (Å²) in [5, 5.41) is 10.1. The molecule has 6 heteroatoms. The van der Waals surface area contributed by atoms with E-state index in [1.807, 2.05) is 0 Å². The summed E-state index contributed by atoms with van der Waals surface area (Å²) in [5.74, 6) is -1.43. The summed E-state index contributed by atoms with van der Waals surface area (Å²) in [7, 11) is 0. The minimum absolute atomic E-state index is 0.178. The van der Waals surface area contributed by atoms with Gasteiger partial charge in [-0.3, -0.25) is 14.4 Å². The Balaban J connectivity index is 2.14. The molecule has 1 unspecified atom stereocenters. The Morgan fingerprint density at radius 1 is 1.10 bits per heavy atom. The number of piperidine rings is 1. The highest BCUT2D eigenvalue weighted by molar-refractivity contribution is 6.35. The molecule has 21 heavy (non-hydrogen) atoms. The number of fused-ring (bicyclic) bond motifs is 1. The van der Waals surface area contributed by atoms with Gasteiger partial charge in [0.25, 0.3) is 0 Å². The van der Waals surface area contributed by atoms with Gasteiger partial charge in [0.2, 0.25) is 17.6 Å². The van der Waals surface area contributed by atoms with Gasteiger partial charge in [-0.05, 0) is 12.0 Å². The van der Waals surface area contributed by atoms with Crippen molar-refractivity contribution in [1.29, 1.82) is 0 Å². The van der Waals surface area contributed by atoms with E-state index in [0.717, 1.165) is 4.90 Å². The quantitative estimate of drug-likeness (QED) is 0.804. The molecule has 3 rings (SSSR count). The summed E-state index contributed by atoms with van der Waals surface area (Å²) < 4.78 is 0. The molecule has 0 spiro atoms. The molecule has 1 N–H and O–H groups in total. The largest absolute Gasteiger partial charge is 0.383 e. The van der Waals surface area contributed by atoms with Crippen LogP contribution in [0.4, 0.5) is 0 Å². The van der Waals surface area contributed by atoms with Gasteiger partial charge < -0.3 is 5.11 Å². The first-order valence-electron chi connectivity index (χ1n) is 6.59. The van der Waals surface area contributed by atoms with E-state index in [0.29, 0.717) is 12.0 Å². The fourth-order valence-corrected chi connectivity index (χ4v) is 2.94. The van der Waals surface area contributed by atoms with Crippen LogP contribution in [-0.4, -0.2) is 27.6 Å².